The Morgan fingerprint density at radius 2 is 2.33 bits per heavy atom. The lowest BCUT2D eigenvalue weighted by Gasteiger charge is -2.25. The second-order valence-electron chi connectivity index (χ2n) is 5.13. The zero-order chi connectivity index (χ0) is 12.2. The van der Waals surface area contributed by atoms with Crippen LogP contribution in [0, 0.1) is 0 Å². The van der Waals surface area contributed by atoms with Gasteiger partial charge in [-0.25, -0.2) is 0 Å². The highest BCUT2D eigenvalue weighted by Crippen LogP contribution is 2.27. The van der Waals surface area contributed by atoms with Crippen molar-refractivity contribution in [3.63, 3.8) is 0 Å². The Bertz CT molecular complexity index is 474. The molecule has 1 unspecified atom stereocenters. The molecule has 2 nitrogen and oxygen atoms in total. The van der Waals surface area contributed by atoms with Crippen molar-refractivity contribution in [1.29, 1.82) is 0 Å². The molecule has 0 amide bonds. The van der Waals surface area contributed by atoms with Gasteiger partial charge in [-0.1, -0.05) is 24.3 Å². The van der Waals surface area contributed by atoms with Gasteiger partial charge in [0.1, 0.15) is 0 Å². The quantitative estimate of drug-likeness (QED) is 0.876. The first kappa shape index (κ1) is 11.7. The molecule has 0 aliphatic heterocycles. The topological polar surface area (TPSA) is 24.9 Å². The highest BCUT2D eigenvalue weighted by molar-refractivity contribution is 5.27. The molecule has 1 aromatic heterocycles. The largest absolute Gasteiger partial charge is 0.305 e. The Morgan fingerprint density at radius 3 is 3.22 bits per heavy atom. The van der Waals surface area contributed by atoms with E-state index in [0.717, 1.165) is 6.54 Å². The van der Waals surface area contributed by atoms with E-state index < -0.39 is 0 Å². The molecule has 0 radical (unpaired) electrons. The number of rotatable bonds is 3. The number of nitrogens with zero attached hydrogens (tertiary/aromatic N) is 1. The molecular formula is C16H20N2. The number of pyridine rings is 1. The van der Waals surface area contributed by atoms with E-state index >= 15 is 0 Å². The summed E-state index contributed by atoms with van der Waals surface area (Å²) in [6.45, 7) is 0.969. The summed E-state index contributed by atoms with van der Waals surface area (Å²) in [4.78, 5) is 4.56. The molecule has 94 valence electrons. The molecule has 1 atom stereocenters. The van der Waals surface area contributed by atoms with Crippen molar-refractivity contribution in [2.75, 3.05) is 6.54 Å². The third kappa shape index (κ3) is 2.54. The molecule has 0 saturated carbocycles. The summed E-state index contributed by atoms with van der Waals surface area (Å²) in [5.74, 6) is 0. The first-order chi connectivity index (χ1) is 8.93. The fourth-order valence-electron chi connectivity index (χ4n) is 2.85. The van der Waals surface area contributed by atoms with Crippen LogP contribution in [0.5, 0.6) is 0 Å². The smallest absolute Gasteiger partial charge is 0.0605 e. The fraction of sp³-hybridized carbons (Fsp3) is 0.438. The predicted molar refractivity (Wildman–Crippen MR) is 74.4 cm³/mol. The number of fused-ring (bicyclic) bond motifs is 1. The molecule has 2 aliphatic rings. The highest BCUT2D eigenvalue weighted by Gasteiger charge is 2.20. The summed E-state index contributed by atoms with van der Waals surface area (Å²) in [5.41, 5.74) is 4.11. The van der Waals surface area contributed by atoms with Crippen molar-refractivity contribution in [2.45, 2.75) is 38.1 Å². The van der Waals surface area contributed by atoms with E-state index in [9.17, 15) is 0 Å². The Morgan fingerprint density at radius 1 is 1.33 bits per heavy atom. The van der Waals surface area contributed by atoms with Gasteiger partial charge >= 0.3 is 0 Å². The molecule has 0 bridgehead atoms. The van der Waals surface area contributed by atoms with Crippen LogP contribution < -0.4 is 5.32 Å². The molecule has 1 N–H and O–H groups in total. The van der Waals surface area contributed by atoms with Crippen molar-refractivity contribution >= 4 is 0 Å². The molecular weight excluding hydrogens is 220 g/mol. The Labute approximate surface area is 109 Å². The average Bonchev–Trinajstić information content (AvgIpc) is 2.46. The van der Waals surface area contributed by atoms with Crippen LogP contribution >= 0.6 is 0 Å². The van der Waals surface area contributed by atoms with Gasteiger partial charge in [0, 0.05) is 12.7 Å². The second kappa shape index (κ2) is 5.49. The lowest BCUT2D eigenvalue weighted by molar-refractivity contribution is 0.465. The minimum atomic E-state index is 0.436. The third-order valence-electron chi connectivity index (χ3n) is 3.82. The lowest BCUT2D eigenvalue weighted by atomic mass is 9.91. The van der Waals surface area contributed by atoms with Crippen molar-refractivity contribution < 1.29 is 0 Å². The van der Waals surface area contributed by atoms with Crippen LogP contribution in [0.3, 0.4) is 0 Å². The normalized spacial score (nSPS) is 22.4. The molecule has 1 aromatic rings. The van der Waals surface area contributed by atoms with Crippen LogP contribution in [0.1, 0.15) is 43.0 Å². The van der Waals surface area contributed by atoms with Crippen molar-refractivity contribution in [3.8, 4) is 0 Å². The number of aryl methyl sites for hydroxylation is 1. The zero-order valence-electron chi connectivity index (χ0n) is 10.7. The van der Waals surface area contributed by atoms with Gasteiger partial charge in [-0.2, -0.15) is 0 Å². The number of aromatic nitrogens is 1. The number of hydrogen-bond acceptors (Lipinski definition) is 2. The maximum Gasteiger partial charge on any atom is 0.0605 e. The van der Waals surface area contributed by atoms with Gasteiger partial charge in [0.2, 0.25) is 0 Å². The van der Waals surface area contributed by atoms with Gasteiger partial charge in [-0.3, -0.25) is 4.98 Å². The van der Waals surface area contributed by atoms with Gasteiger partial charge in [-0.05, 0) is 49.3 Å². The van der Waals surface area contributed by atoms with E-state index in [1.54, 1.807) is 0 Å². The van der Waals surface area contributed by atoms with Crippen molar-refractivity contribution in [2.24, 2.45) is 0 Å². The molecule has 2 aliphatic carbocycles. The molecule has 0 fully saturated rings. The Balaban J connectivity index is 1.67. The van der Waals surface area contributed by atoms with Crippen LogP contribution in [0.15, 0.2) is 42.1 Å². The van der Waals surface area contributed by atoms with Gasteiger partial charge in [0.15, 0.2) is 0 Å². The van der Waals surface area contributed by atoms with E-state index in [0.29, 0.717) is 6.04 Å². The third-order valence-corrected chi connectivity index (χ3v) is 3.82. The molecule has 2 heteroatoms. The van der Waals surface area contributed by atoms with E-state index in [1.165, 1.54) is 48.9 Å². The fourth-order valence-corrected chi connectivity index (χ4v) is 2.85. The van der Waals surface area contributed by atoms with Gasteiger partial charge in [0.05, 0.1) is 11.7 Å². The Kier molecular flexibility index (Phi) is 3.56. The van der Waals surface area contributed by atoms with E-state index in [1.807, 2.05) is 12.3 Å². The molecule has 18 heavy (non-hydrogen) atoms. The lowest BCUT2D eigenvalue weighted by Crippen LogP contribution is -2.27. The summed E-state index contributed by atoms with van der Waals surface area (Å²) in [7, 11) is 0. The van der Waals surface area contributed by atoms with Crippen LogP contribution in [-0.2, 0) is 6.42 Å². The summed E-state index contributed by atoms with van der Waals surface area (Å²) >= 11 is 0. The monoisotopic (exact) mass is 240 g/mol. The highest BCUT2D eigenvalue weighted by atomic mass is 14.9. The maximum absolute atomic E-state index is 4.56. The van der Waals surface area contributed by atoms with Crippen LogP contribution in [0.4, 0.5) is 0 Å². The summed E-state index contributed by atoms with van der Waals surface area (Å²) < 4.78 is 0. The van der Waals surface area contributed by atoms with Crippen molar-refractivity contribution in [1.82, 2.24) is 10.3 Å². The molecule has 3 rings (SSSR count). The average molecular weight is 240 g/mol. The first-order valence-electron chi connectivity index (χ1n) is 6.96. The van der Waals surface area contributed by atoms with Gasteiger partial charge in [0.25, 0.3) is 0 Å². The molecule has 1 heterocycles. The van der Waals surface area contributed by atoms with E-state index in [-0.39, 0.29) is 0 Å². The SMILES string of the molecule is C1=CC(CNC2CCCc3cccnc32)=CCC1. The van der Waals surface area contributed by atoms with Crippen LogP contribution in [0.25, 0.3) is 0 Å². The molecule has 0 saturated heterocycles. The molecule has 0 aromatic carbocycles. The maximum atomic E-state index is 4.56. The summed E-state index contributed by atoms with van der Waals surface area (Å²) in [5, 5.41) is 3.67. The van der Waals surface area contributed by atoms with Crippen LogP contribution in [0.2, 0.25) is 0 Å². The van der Waals surface area contributed by atoms with Crippen LogP contribution in [-0.4, -0.2) is 11.5 Å². The summed E-state index contributed by atoms with van der Waals surface area (Å²) in [6, 6.07) is 4.70. The second-order valence-corrected chi connectivity index (χ2v) is 5.13. The first-order valence-corrected chi connectivity index (χ1v) is 6.96. The minimum Gasteiger partial charge on any atom is -0.305 e. The molecule has 0 spiro atoms. The van der Waals surface area contributed by atoms with E-state index in [4.69, 9.17) is 0 Å². The van der Waals surface area contributed by atoms with E-state index in [2.05, 4.69) is 34.6 Å². The van der Waals surface area contributed by atoms with Gasteiger partial charge in [-0.15, -0.1) is 0 Å². The Hall–Kier alpha value is -1.41. The number of allylic oxidation sites excluding steroid dienone is 2. The van der Waals surface area contributed by atoms with Gasteiger partial charge < -0.3 is 5.32 Å². The predicted octanol–water partition coefficient (Wildman–Crippen LogP) is 3.33. The number of hydrogen-bond donors (Lipinski definition) is 1. The van der Waals surface area contributed by atoms with Crippen molar-refractivity contribution in [3.05, 3.63) is 53.4 Å². The standard InChI is InChI=1S/C16H20N2/c1-2-6-13(7-3-1)12-18-15-10-4-8-14-9-5-11-17-16(14)15/h2,5-7,9,11,15,18H,1,3-4,8,10,12H2. The summed E-state index contributed by atoms with van der Waals surface area (Å²) in [6.07, 6.45) is 14.8. The minimum absolute atomic E-state index is 0.436. The number of nitrogens with one attached hydrogen (secondary N) is 1. The zero-order valence-corrected chi connectivity index (χ0v) is 10.7.